The third kappa shape index (κ3) is 6.69. The smallest absolute Gasteiger partial charge is 0.341 e. The maximum Gasteiger partial charge on any atom is 0.341 e. The van der Waals surface area contributed by atoms with Crippen LogP contribution in [0.4, 0.5) is 5.00 Å². The Labute approximate surface area is 209 Å². The molecule has 0 aliphatic heterocycles. The summed E-state index contributed by atoms with van der Waals surface area (Å²) in [6, 6.07) is 7.16. The lowest BCUT2D eigenvalue weighted by molar-refractivity contribution is -0.146. The number of benzene rings is 1. The zero-order chi connectivity index (χ0) is 25.8. The summed E-state index contributed by atoms with van der Waals surface area (Å²) >= 11 is 1.36. The molecule has 9 heteroatoms. The maximum absolute atomic E-state index is 12.4. The fourth-order valence-corrected chi connectivity index (χ4v) is 5.31. The van der Waals surface area contributed by atoms with Gasteiger partial charge in [-0.05, 0) is 53.9 Å². The van der Waals surface area contributed by atoms with Crippen molar-refractivity contribution < 1.29 is 28.7 Å². The number of thiophene rings is 1. The molecule has 1 unspecified atom stereocenters. The maximum atomic E-state index is 12.4. The van der Waals surface area contributed by atoms with Crippen LogP contribution in [0.25, 0.3) is 0 Å². The van der Waals surface area contributed by atoms with E-state index in [4.69, 9.17) is 9.47 Å². The van der Waals surface area contributed by atoms with Crippen molar-refractivity contribution in [2.24, 2.45) is 5.92 Å². The van der Waals surface area contributed by atoms with Gasteiger partial charge < -0.3 is 20.1 Å². The highest BCUT2D eigenvalue weighted by molar-refractivity contribution is 7.17. The van der Waals surface area contributed by atoms with Crippen LogP contribution in [0.1, 0.15) is 70.8 Å². The van der Waals surface area contributed by atoms with Gasteiger partial charge in [-0.15, -0.1) is 11.3 Å². The Morgan fingerprint density at radius 1 is 1.11 bits per heavy atom. The van der Waals surface area contributed by atoms with Gasteiger partial charge in [-0.2, -0.15) is 0 Å². The van der Waals surface area contributed by atoms with E-state index in [1.165, 1.54) is 18.4 Å². The quantitative estimate of drug-likeness (QED) is 0.559. The molecule has 0 saturated heterocycles. The minimum Gasteiger partial charge on any atom is -0.465 e. The van der Waals surface area contributed by atoms with Crippen LogP contribution in [0, 0.1) is 5.92 Å². The molecule has 1 aromatic carbocycles. The standard InChI is InChI=1S/C26H32N2O6S/c1-15-6-11-18-19(12-15)35-24(22(18)25(32)33-5)28-20(29)14-34-21(30)13-27-23(31)16-7-9-17(10-8-16)26(2,3)4/h7-10,15H,6,11-14H2,1-5H3,(H,27,31)(H,28,29). The van der Waals surface area contributed by atoms with E-state index in [1.54, 1.807) is 12.1 Å². The van der Waals surface area contributed by atoms with Gasteiger partial charge >= 0.3 is 11.9 Å². The van der Waals surface area contributed by atoms with Gasteiger partial charge in [0.15, 0.2) is 6.61 Å². The van der Waals surface area contributed by atoms with Crippen LogP contribution in [0.3, 0.4) is 0 Å². The number of nitrogens with one attached hydrogen (secondary N) is 2. The summed E-state index contributed by atoms with van der Waals surface area (Å²) in [5.74, 6) is -1.72. The summed E-state index contributed by atoms with van der Waals surface area (Å²) in [5, 5.41) is 5.58. The molecule has 188 valence electrons. The number of anilines is 1. The molecule has 1 atom stereocenters. The summed E-state index contributed by atoms with van der Waals surface area (Å²) in [5.41, 5.74) is 2.79. The molecule has 0 fully saturated rings. The van der Waals surface area contributed by atoms with Crippen LogP contribution in [0.5, 0.6) is 0 Å². The van der Waals surface area contributed by atoms with Crippen molar-refractivity contribution in [2.75, 3.05) is 25.6 Å². The van der Waals surface area contributed by atoms with Gasteiger partial charge in [-0.25, -0.2) is 4.79 Å². The molecular weight excluding hydrogens is 468 g/mol. The molecule has 0 radical (unpaired) electrons. The largest absolute Gasteiger partial charge is 0.465 e. The van der Waals surface area contributed by atoms with Crippen molar-refractivity contribution in [2.45, 2.75) is 52.4 Å². The molecule has 0 saturated carbocycles. The number of amides is 2. The zero-order valence-electron chi connectivity index (χ0n) is 20.8. The minimum absolute atomic E-state index is 0.0299. The lowest BCUT2D eigenvalue weighted by Gasteiger charge is -2.19. The van der Waals surface area contributed by atoms with E-state index in [1.807, 2.05) is 12.1 Å². The minimum atomic E-state index is -0.743. The third-order valence-corrected chi connectivity index (χ3v) is 7.09. The number of carbonyl (C=O) groups excluding carboxylic acids is 4. The van der Waals surface area contributed by atoms with Crippen molar-refractivity contribution in [3.63, 3.8) is 0 Å². The molecule has 1 heterocycles. The molecule has 1 aliphatic rings. The van der Waals surface area contributed by atoms with Gasteiger partial charge in [0.1, 0.15) is 11.5 Å². The topological polar surface area (TPSA) is 111 Å². The number of ether oxygens (including phenoxy) is 2. The number of rotatable bonds is 7. The molecule has 0 spiro atoms. The van der Waals surface area contributed by atoms with Gasteiger partial charge in [-0.3, -0.25) is 14.4 Å². The number of hydrogen-bond donors (Lipinski definition) is 2. The first-order chi connectivity index (χ1) is 16.5. The van der Waals surface area contributed by atoms with E-state index in [9.17, 15) is 19.2 Å². The fourth-order valence-electron chi connectivity index (χ4n) is 3.89. The summed E-state index contributed by atoms with van der Waals surface area (Å²) in [4.78, 5) is 50.2. The van der Waals surface area contributed by atoms with Gasteiger partial charge in [0.25, 0.3) is 11.8 Å². The summed E-state index contributed by atoms with van der Waals surface area (Å²) in [7, 11) is 1.30. The SMILES string of the molecule is COC(=O)c1c(NC(=O)COC(=O)CNC(=O)c2ccc(C(C)(C)C)cc2)sc2c1CCC(C)C2. The Bertz CT molecular complexity index is 1110. The second kappa shape index (κ2) is 11.0. The molecule has 2 aromatic rings. The monoisotopic (exact) mass is 500 g/mol. The summed E-state index contributed by atoms with van der Waals surface area (Å²) < 4.78 is 9.91. The number of esters is 2. The van der Waals surface area contributed by atoms with Crippen LogP contribution in [-0.2, 0) is 37.3 Å². The van der Waals surface area contributed by atoms with E-state index in [0.29, 0.717) is 22.0 Å². The van der Waals surface area contributed by atoms with E-state index in [0.717, 1.165) is 35.3 Å². The van der Waals surface area contributed by atoms with Crippen LogP contribution in [0.2, 0.25) is 0 Å². The molecule has 2 amide bonds. The molecule has 3 rings (SSSR count). The van der Waals surface area contributed by atoms with E-state index >= 15 is 0 Å². The molecule has 1 aliphatic carbocycles. The fraction of sp³-hybridized carbons (Fsp3) is 0.462. The van der Waals surface area contributed by atoms with E-state index < -0.39 is 30.4 Å². The normalized spacial score (nSPS) is 15.1. The van der Waals surface area contributed by atoms with Gasteiger partial charge in [0.05, 0.1) is 12.7 Å². The first-order valence-electron chi connectivity index (χ1n) is 11.6. The average molecular weight is 501 g/mol. The second-order valence-electron chi connectivity index (χ2n) is 9.77. The Morgan fingerprint density at radius 3 is 2.43 bits per heavy atom. The molecule has 2 N–H and O–H groups in total. The summed E-state index contributed by atoms with van der Waals surface area (Å²) in [6.07, 6.45) is 2.56. The van der Waals surface area contributed by atoms with Crippen LogP contribution >= 0.6 is 11.3 Å². The van der Waals surface area contributed by atoms with Crippen LogP contribution < -0.4 is 10.6 Å². The van der Waals surface area contributed by atoms with E-state index in [2.05, 4.69) is 38.3 Å². The number of carbonyl (C=O) groups is 4. The van der Waals surface area contributed by atoms with Crippen molar-refractivity contribution in [3.05, 3.63) is 51.4 Å². The van der Waals surface area contributed by atoms with Gasteiger partial charge in [0.2, 0.25) is 0 Å². The highest BCUT2D eigenvalue weighted by atomic mass is 32.1. The first kappa shape index (κ1) is 26.4. The molecule has 1 aromatic heterocycles. The predicted molar refractivity (Wildman–Crippen MR) is 134 cm³/mol. The highest BCUT2D eigenvalue weighted by Crippen LogP contribution is 2.40. The number of hydrogen-bond acceptors (Lipinski definition) is 7. The molecular formula is C26H32N2O6S. The van der Waals surface area contributed by atoms with Crippen molar-refractivity contribution >= 4 is 40.1 Å². The van der Waals surface area contributed by atoms with Crippen LogP contribution in [0.15, 0.2) is 24.3 Å². The number of methoxy groups -OCH3 is 1. The lowest BCUT2D eigenvalue weighted by atomic mass is 9.87. The lowest BCUT2D eigenvalue weighted by Crippen LogP contribution is -2.32. The Balaban J connectivity index is 1.51. The van der Waals surface area contributed by atoms with E-state index in [-0.39, 0.29) is 12.0 Å². The van der Waals surface area contributed by atoms with Crippen molar-refractivity contribution in [1.82, 2.24) is 5.32 Å². The zero-order valence-corrected chi connectivity index (χ0v) is 21.6. The highest BCUT2D eigenvalue weighted by Gasteiger charge is 2.29. The Kier molecular flexibility index (Phi) is 8.32. The third-order valence-electron chi connectivity index (χ3n) is 5.92. The first-order valence-corrected chi connectivity index (χ1v) is 12.4. The van der Waals surface area contributed by atoms with Crippen molar-refractivity contribution in [3.8, 4) is 0 Å². The Hall–Kier alpha value is -3.20. The van der Waals surface area contributed by atoms with Crippen LogP contribution in [-0.4, -0.2) is 44.0 Å². The molecule has 8 nitrogen and oxygen atoms in total. The molecule has 0 bridgehead atoms. The summed E-state index contributed by atoms with van der Waals surface area (Å²) in [6.45, 7) is 7.49. The average Bonchev–Trinajstić information content (AvgIpc) is 3.16. The van der Waals surface area contributed by atoms with Gasteiger partial charge in [0, 0.05) is 10.4 Å². The second-order valence-corrected chi connectivity index (χ2v) is 10.9. The van der Waals surface area contributed by atoms with Crippen molar-refractivity contribution in [1.29, 1.82) is 0 Å². The Morgan fingerprint density at radius 2 is 1.80 bits per heavy atom. The van der Waals surface area contributed by atoms with Gasteiger partial charge in [-0.1, -0.05) is 39.8 Å². The predicted octanol–water partition coefficient (Wildman–Crippen LogP) is 3.87. The molecule has 35 heavy (non-hydrogen) atoms. The number of fused-ring (bicyclic) bond motifs is 1.